The van der Waals surface area contributed by atoms with Crippen molar-refractivity contribution in [3.8, 4) is 5.75 Å². The van der Waals surface area contributed by atoms with Crippen LogP contribution < -0.4 is 5.73 Å². The summed E-state index contributed by atoms with van der Waals surface area (Å²) in [7, 11) is 0. The second-order valence-electron chi connectivity index (χ2n) is 4.59. The van der Waals surface area contributed by atoms with Crippen LogP contribution in [0.15, 0.2) is 18.2 Å². The lowest BCUT2D eigenvalue weighted by Crippen LogP contribution is -2.43. The van der Waals surface area contributed by atoms with Crippen molar-refractivity contribution in [2.75, 3.05) is 32.0 Å². The standard InChI is InChI=1S/C13H20N2O2/c1-10(15-4-6-17-7-5-15)8-11-2-3-13(16)12(14)9-11/h2-3,9-10,16H,4-8,14H2,1H3. The molecule has 0 aliphatic carbocycles. The largest absolute Gasteiger partial charge is 0.506 e. The third kappa shape index (κ3) is 3.11. The fourth-order valence-corrected chi connectivity index (χ4v) is 2.22. The van der Waals surface area contributed by atoms with E-state index in [0.717, 1.165) is 32.7 Å². The molecule has 0 spiro atoms. The minimum absolute atomic E-state index is 0.160. The smallest absolute Gasteiger partial charge is 0.138 e. The van der Waals surface area contributed by atoms with Crippen LogP contribution in [0.1, 0.15) is 12.5 Å². The van der Waals surface area contributed by atoms with Crippen LogP contribution in [0.25, 0.3) is 0 Å². The number of benzene rings is 1. The summed E-state index contributed by atoms with van der Waals surface area (Å²) in [5, 5.41) is 9.37. The SMILES string of the molecule is CC(Cc1ccc(O)c(N)c1)N1CCOCC1. The average molecular weight is 236 g/mol. The lowest BCUT2D eigenvalue weighted by atomic mass is 10.0. The second kappa shape index (κ2) is 5.38. The molecule has 2 rings (SSSR count). The second-order valence-corrected chi connectivity index (χ2v) is 4.59. The number of phenols is 1. The summed E-state index contributed by atoms with van der Waals surface area (Å²) in [4.78, 5) is 2.42. The zero-order valence-corrected chi connectivity index (χ0v) is 10.2. The molecule has 0 amide bonds. The minimum atomic E-state index is 0.160. The third-order valence-corrected chi connectivity index (χ3v) is 3.29. The molecule has 0 aromatic heterocycles. The van der Waals surface area contributed by atoms with E-state index in [4.69, 9.17) is 10.5 Å². The Hall–Kier alpha value is -1.26. The van der Waals surface area contributed by atoms with Gasteiger partial charge in [-0.25, -0.2) is 0 Å². The van der Waals surface area contributed by atoms with Gasteiger partial charge in [0.15, 0.2) is 0 Å². The van der Waals surface area contributed by atoms with Gasteiger partial charge in [0.25, 0.3) is 0 Å². The lowest BCUT2D eigenvalue weighted by molar-refractivity contribution is 0.0203. The molecule has 4 nitrogen and oxygen atoms in total. The number of aromatic hydroxyl groups is 1. The maximum Gasteiger partial charge on any atom is 0.138 e. The number of morpholine rings is 1. The highest BCUT2D eigenvalue weighted by Gasteiger charge is 2.17. The monoisotopic (exact) mass is 236 g/mol. The highest BCUT2D eigenvalue weighted by molar-refractivity contribution is 5.53. The molecule has 1 atom stereocenters. The number of nitrogens with zero attached hydrogens (tertiary/aromatic N) is 1. The number of nitrogens with two attached hydrogens (primary N) is 1. The zero-order chi connectivity index (χ0) is 12.3. The Bertz CT molecular complexity index is 376. The first-order valence-electron chi connectivity index (χ1n) is 6.06. The molecule has 1 fully saturated rings. The van der Waals surface area contributed by atoms with Gasteiger partial charge >= 0.3 is 0 Å². The van der Waals surface area contributed by atoms with E-state index in [1.165, 1.54) is 5.56 Å². The van der Waals surface area contributed by atoms with Crippen molar-refractivity contribution in [1.82, 2.24) is 4.90 Å². The lowest BCUT2D eigenvalue weighted by Gasteiger charge is -2.32. The number of ether oxygens (including phenoxy) is 1. The van der Waals surface area contributed by atoms with Gasteiger partial charge in [-0.1, -0.05) is 6.07 Å². The van der Waals surface area contributed by atoms with Gasteiger partial charge in [-0.3, -0.25) is 4.90 Å². The molecule has 1 saturated heterocycles. The Balaban J connectivity index is 1.96. The molecule has 1 heterocycles. The van der Waals surface area contributed by atoms with Gasteiger partial charge in [-0.15, -0.1) is 0 Å². The van der Waals surface area contributed by atoms with Crippen LogP contribution in [-0.4, -0.2) is 42.4 Å². The van der Waals surface area contributed by atoms with Crippen LogP contribution in [0.2, 0.25) is 0 Å². The highest BCUT2D eigenvalue weighted by Crippen LogP contribution is 2.22. The van der Waals surface area contributed by atoms with Crippen molar-refractivity contribution in [3.05, 3.63) is 23.8 Å². The maximum absolute atomic E-state index is 9.37. The molecule has 1 aliphatic heterocycles. The van der Waals surface area contributed by atoms with Gasteiger partial charge in [0, 0.05) is 19.1 Å². The molecule has 0 saturated carbocycles. The summed E-state index contributed by atoms with van der Waals surface area (Å²) in [6, 6.07) is 5.92. The van der Waals surface area contributed by atoms with Crippen molar-refractivity contribution in [3.63, 3.8) is 0 Å². The summed E-state index contributed by atoms with van der Waals surface area (Å²) in [6.07, 6.45) is 0.949. The van der Waals surface area contributed by atoms with Crippen molar-refractivity contribution in [2.24, 2.45) is 0 Å². The first kappa shape index (κ1) is 12.2. The van der Waals surface area contributed by atoms with Gasteiger partial charge in [0.1, 0.15) is 5.75 Å². The number of phenolic OH excluding ortho intramolecular Hbond substituents is 1. The Morgan fingerprint density at radius 3 is 2.76 bits per heavy atom. The quantitative estimate of drug-likeness (QED) is 0.612. The van der Waals surface area contributed by atoms with E-state index in [2.05, 4.69) is 11.8 Å². The van der Waals surface area contributed by atoms with Gasteiger partial charge < -0.3 is 15.6 Å². The van der Waals surface area contributed by atoms with Crippen LogP contribution in [-0.2, 0) is 11.2 Å². The zero-order valence-electron chi connectivity index (χ0n) is 10.2. The number of rotatable bonds is 3. The molecular formula is C13H20N2O2. The van der Waals surface area contributed by atoms with Crippen molar-refractivity contribution in [1.29, 1.82) is 0 Å². The molecule has 1 aliphatic rings. The van der Waals surface area contributed by atoms with E-state index in [1.807, 2.05) is 12.1 Å². The summed E-state index contributed by atoms with van der Waals surface area (Å²) in [5.74, 6) is 0.160. The molecule has 1 aromatic carbocycles. The molecule has 3 N–H and O–H groups in total. The number of anilines is 1. The molecule has 1 aromatic rings. The molecule has 4 heteroatoms. The molecule has 94 valence electrons. The van der Waals surface area contributed by atoms with Crippen molar-refractivity contribution < 1.29 is 9.84 Å². The van der Waals surface area contributed by atoms with E-state index >= 15 is 0 Å². The number of hydrogen-bond acceptors (Lipinski definition) is 4. The predicted molar refractivity (Wildman–Crippen MR) is 68.1 cm³/mol. The number of nitrogen functional groups attached to an aromatic ring is 1. The first-order chi connectivity index (χ1) is 8.16. The Kier molecular flexibility index (Phi) is 3.86. The Morgan fingerprint density at radius 2 is 2.12 bits per heavy atom. The topological polar surface area (TPSA) is 58.7 Å². The molecule has 1 unspecified atom stereocenters. The van der Waals surface area contributed by atoms with E-state index in [1.54, 1.807) is 6.07 Å². The minimum Gasteiger partial charge on any atom is -0.506 e. The van der Waals surface area contributed by atoms with E-state index in [0.29, 0.717) is 11.7 Å². The predicted octanol–water partition coefficient (Wildman–Crippen LogP) is 1.24. The van der Waals surface area contributed by atoms with Gasteiger partial charge in [-0.2, -0.15) is 0 Å². The normalized spacial score (nSPS) is 19.1. The van der Waals surface area contributed by atoms with Crippen molar-refractivity contribution >= 4 is 5.69 Å². The van der Waals surface area contributed by atoms with Gasteiger partial charge in [0.2, 0.25) is 0 Å². The van der Waals surface area contributed by atoms with Crippen LogP contribution in [0.5, 0.6) is 5.75 Å². The van der Waals surface area contributed by atoms with Gasteiger partial charge in [-0.05, 0) is 31.0 Å². The van der Waals surface area contributed by atoms with Gasteiger partial charge in [0.05, 0.1) is 18.9 Å². The summed E-state index contributed by atoms with van der Waals surface area (Å²) < 4.78 is 5.34. The van der Waals surface area contributed by atoms with E-state index in [-0.39, 0.29) is 5.75 Å². The Morgan fingerprint density at radius 1 is 1.41 bits per heavy atom. The van der Waals surface area contributed by atoms with Crippen LogP contribution >= 0.6 is 0 Å². The molecule has 0 radical (unpaired) electrons. The van der Waals surface area contributed by atoms with E-state index in [9.17, 15) is 5.11 Å². The summed E-state index contributed by atoms with van der Waals surface area (Å²) in [5.41, 5.74) is 7.31. The fourth-order valence-electron chi connectivity index (χ4n) is 2.22. The molecule has 17 heavy (non-hydrogen) atoms. The third-order valence-electron chi connectivity index (χ3n) is 3.29. The van der Waals surface area contributed by atoms with E-state index < -0.39 is 0 Å². The van der Waals surface area contributed by atoms with Crippen LogP contribution in [0.4, 0.5) is 5.69 Å². The summed E-state index contributed by atoms with van der Waals surface area (Å²) >= 11 is 0. The summed E-state index contributed by atoms with van der Waals surface area (Å²) in [6.45, 7) is 5.85. The molecule has 0 bridgehead atoms. The van der Waals surface area contributed by atoms with Crippen molar-refractivity contribution in [2.45, 2.75) is 19.4 Å². The fraction of sp³-hybridized carbons (Fsp3) is 0.538. The molecular weight excluding hydrogens is 216 g/mol. The van der Waals surface area contributed by atoms with Crippen LogP contribution in [0, 0.1) is 0 Å². The first-order valence-corrected chi connectivity index (χ1v) is 6.06. The Labute approximate surface area is 102 Å². The maximum atomic E-state index is 9.37. The highest BCUT2D eigenvalue weighted by atomic mass is 16.5. The average Bonchev–Trinajstić information content (AvgIpc) is 2.35. The number of hydrogen-bond donors (Lipinski definition) is 2. The van der Waals surface area contributed by atoms with Crippen LogP contribution in [0.3, 0.4) is 0 Å².